The van der Waals surface area contributed by atoms with E-state index in [2.05, 4.69) is 10.2 Å². The molecule has 0 aliphatic carbocycles. The molecule has 6 nitrogen and oxygen atoms in total. The van der Waals surface area contributed by atoms with Gasteiger partial charge in [-0.3, -0.25) is 0 Å². The monoisotopic (exact) mass is 315 g/mol. The predicted molar refractivity (Wildman–Crippen MR) is 89.1 cm³/mol. The molecule has 0 aliphatic heterocycles. The van der Waals surface area contributed by atoms with Gasteiger partial charge in [-0.05, 0) is 30.7 Å². The topological polar surface area (TPSA) is 69.4 Å². The maximum absolute atomic E-state index is 10.2. The number of fused-ring (bicyclic) bond motifs is 1. The lowest BCUT2D eigenvalue weighted by atomic mass is 10.2. The lowest BCUT2D eigenvalue weighted by Crippen LogP contribution is -2.03. The van der Waals surface area contributed by atoms with Gasteiger partial charge in [-0.25, -0.2) is 0 Å². The predicted octanol–water partition coefficient (Wildman–Crippen LogP) is 3.44. The highest BCUT2D eigenvalue weighted by atomic mass is 16.7. The summed E-state index contributed by atoms with van der Waals surface area (Å²) in [4.78, 5) is 1.41. The molecule has 1 aromatic heterocycles. The molecule has 3 rings (SSSR count). The van der Waals surface area contributed by atoms with Crippen molar-refractivity contribution >= 4 is 11.0 Å². The first kappa shape index (κ1) is 16.8. The van der Waals surface area contributed by atoms with Gasteiger partial charge in [-0.15, -0.1) is 15.0 Å². The highest BCUT2D eigenvalue weighted by Gasteiger charge is 2.13. The fourth-order valence-electron chi connectivity index (χ4n) is 2.06. The smallest absolute Gasteiger partial charge is 0.188 e. The minimum atomic E-state index is 0.125. The van der Waals surface area contributed by atoms with Crippen molar-refractivity contribution in [2.24, 2.45) is 0 Å². The third-order valence-electron chi connectivity index (χ3n) is 3.10. The summed E-state index contributed by atoms with van der Waals surface area (Å²) >= 11 is 0. The molecule has 0 atom stereocenters. The molecule has 0 unspecified atom stereocenters. The number of methoxy groups -OCH3 is 1. The molecule has 0 spiro atoms. The van der Waals surface area contributed by atoms with Gasteiger partial charge in [0, 0.05) is 13.2 Å². The summed E-state index contributed by atoms with van der Waals surface area (Å²) in [7, 11) is 1.55. The van der Waals surface area contributed by atoms with E-state index in [1.807, 2.05) is 38.1 Å². The molecule has 0 radical (unpaired) electrons. The molecule has 0 bridgehead atoms. The average Bonchev–Trinajstić information content (AvgIpc) is 3.01. The highest BCUT2D eigenvalue weighted by molar-refractivity contribution is 5.73. The number of aromatic nitrogens is 3. The molecule has 0 saturated heterocycles. The average molecular weight is 315 g/mol. The lowest BCUT2D eigenvalue weighted by Gasteiger charge is -2.10. The second-order valence-electron chi connectivity index (χ2n) is 4.64. The Hall–Kier alpha value is -2.60. The molecule has 122 valence electrons. The van der Waals surface area contributed by atoms with Gasteiger partial charge in [0.05, 0.1) is 0 Å². The zero-order valence-corrected chi connectivity index (χ0v) is 13.8. The molecule has 1 heterocycles. The Kier molecular flexibility index (Phi) is 5.54. The second-order valence-corrected chi connectivity index (χ2v) is 4.64. The quantitative estimate of drug-likeness (QED) is 0.747. The van der Waals surface area contributed by atoms with Crippen LogP contribution in [0.15, 0.2) is 36.4 Å². The van der Waals surface area contributed by atoms with Crippen LogP contribution in [0.2, 0.25) is 0 Å². The number of phenols is 1. The number of nitrogens with zero attached hydrogens (tertiary/aromatic N) is 3. The number of ether oxygens (including phenoxy) is 2. The molecule has 0 fully saturated rings. The van der Waals surface area contributed by atoms with Crippen LogP contribution in [-0.4, -0.2) is 34.0 Å². The van der Waals surface area contributed by atoms with E-state index >= 15 is 0 Å². The van der Waals surface area contributed by atoms with Gasteiger partial charge in [-0.2, -0.15) is 0 Å². The number of phenolic OH excluding ortho intramolecular Hbond substituents is 1. The van der Waals surface area contributed by atoms with Crippen LogP contribution in [0, 0.1) is 6.92 Å². The minimum Gasteiger partial charge on any atom is -0.505 e. The zero-order chi connectivity index (χ0) is 16.8. The number of hydrogen-bond acceptors (Lipinski definition) is 5. The van der Waals surface area contributed by atoms with Gasteiger partial charge < -0.3 is 14.6 Å². The largest absolute Gasteiger partial charge is 0.505 e. The molecule has 0 saturated carbocycles. The van der Waals surface area contributed by atoms with Crippen molar-refractivity contribution in [1.29, 1.82) is 0 Å². The standard InChI is InChI=1S/C15H15N3O3.C2H6/c1-10-7-11(21-9-20-2)8-14(15(10)19)18-16-12-5-3-4-6-13(12)17-18;1-2/h3-8,19H,9H2,1-2H3;1-2H3. The summed E-state index contributed by atoms with van der Waals surface area (Å²) < 4.78 is 10.3. The SMILES string of the molecule is CC.COCOc1cc(C)c(O)c(-n2nc3ccccc3n2)c1. The summed E-state index contributed by atoms with van der Waals surface area (Å²) in [6.07, 6.45) is 0. The zero-order valence-electron chi connectivity index (χ0n) is 13.8. The molecule has 1 N–H and O–H groups in total. The molecule has 0 amide bonds. The number of rotatable bonds is 4. The van der Waals surface area contributed by atoms with E-state index in [9.17, 15) is 5.11 Å². The first-order chi connectivity index (χ1) is 11.2. The molecule has 6 heteroatoms. The maximum Gasteiger partial charge on any atom is 0.188 e. The van der Waals surface area contributed by atoms with Crippen molar-refractivity contribution in [2.75, 3.05) is 13.9 Å². The van der Waals surface area contributed by atoms with Crippen LogP contribution in [0.3, 0.4) is 0 Å². The van der Waals surface area contributed by atoms with Crippen LogP contribution < -0.4 is 4.74 Å². The fourth-order valence-corrected chi connectivity index (χ4v) is 2.06. The van der Waals surface area contributed by atoms with Crippen molar-refractivity contribution < 1.29 is 14.6 Å². The third kappa shape index (κ3) is 3.60. The van der Waals surface area contributed by atoms with Crippen molar-refractivity contribution in [2.45, 2.75) is 20.8 Å². The van der Waals surface area contributed by atoms with Crippen molar-refractivity contribution in [3.05, 3.63) is 42.0 Å². The van der Waals surface area contributed by atoms with E-state index in [0.717, 1.165) is 11.0 Å². The van der Waals surface area contributed by atoms with E-state index in [-0.39, 0.29) is 12.5 Å². The number of benzene rings is 2. The molecule has 23 heavy (non-hydrogen) atoms. The molecular formula is C17H21N3O3. The molecule has 2 aromatic carbocycles. The van der Waals surface area contributed by atoms with Gasteiger partial charge in [0.25, 0.3) is 0 Å². The van der Waals surface area contributed by atoms with Crippen molar-refractivity contribution in [3.8, 4) is 17.2 Å². The van der Waals surface area contributed by atoms with Crippen LogP contribution in [-0.2, 0) is 4.74 Å². The summed E-state index contributed by atoms with van der Waals surface area (Å²) in [5.74, 6) is 0.712. The second kappa shape index (κ2) is 7.60. The van der Waals surface area contributed by atoms with E-state index < -0.39 is 0 Å². The maximum atomic E-state index is 10.2. The Labute approximate surface area is 135 Å². The van der Waals surface area contributed by atoms with Gasteiger partial charge in [0.15, 0.2) is 6.79 Å². The highest BCUT2D eigenvalue weighted by Crippen LogP contribution is 2.30. The van der Waals surface area contributed by atoms with Gasteiger partial charge in [0.1, 0.15) is 28.2 Å². The van der Waals surface area contributed by atoms with Crippen LogP contribution in [0.25, 0.3) is 16.7 Å². The number of aryl methyl sites for hydroxylation is 1. The Morgan fingerprint density at radius 3 is 2.26 bits per heavy atom. The summed E-state index contributed by atoms with van der Waals surface area (Å²) in [6, 6.07) is 10.9. The first-order valence-corrected chi connectivity index (χ1v) is 7.47. The normalized spacial score (nSPS) is 10.3. The van der Waals surface area contributed by atoms with Crippen LogP contribution in [0.1, 0.15) is 19.4 Å². The van der Waals surface area contributed by atoms with Crippen LogP contribution in [0.4, 0.5) is 0 Å². The summed E-state index contributed by atoms with van der Waals surface area (Å²) in [6.45, 7) is 5.93. The molecular weight excluding hydrogens is 294 g/mol. The summed E-state index contributed by atoms with van der Waals surface area (Å²) in [5, 5.41) is 19.0. The van der Waals surface area contributed by atoms with Crippen molar-refractivity contribution in [3.63, 3.8) is 0 Å². The van der Waals surface area contributed by atoms with Gasteiger partial charge >= 0.3 is 0 Å². The first-order valence-electron chi connectivity index (χ1n) is 7.47. The molecule has 3 aromatic rings. The van der Waals surface area contributed by atoms with E-state index in [1.54, 1.807) is 26.2 Å². The number of hydrogen-bond donors (Lipinski definition) is 1. The Bertz CT molecular complexity index is 751. The Balaban J connectivity index is 0.000000924. The summed E-state index contributed by atoms with van der Waals surface area (Å²) in [5.41, 5.74) is 2.67. The molecule has 0 aliphatic rings. The van der Waals surface area contributed by atoms with Gasteiger partial charge in [-0.1, -0.05) is 26.0 Å². The van der Waals surface area contributed by atoms with Crippen molar-refractivity contribution in [1.82, 2.24) is 15.0 Å². The Morgan fingerprint density at radius 2 is 1.70 bits per heavy atom. The minimum absolute atomic E-state index is 0.125. The van der Waals surface area contributed by atoms with Gasteiger partial charge in [0.2, 0.25) is 0 Å². The lowest BCUT2D eigenvalue weighted by molar-refractivity contribution is 0.0510. The van der Waals surface area contributed by atoms with E-state index in [1.165, 1.54) is 4.80 Å². The third-order valence-corrected chi connectivity index (χ3v) is 3.10. The van der Waals surface area contributed by atoms with E-state index in [0.29, 0.717) is 17.0 Å². The van der Waals surface area contributed by atoms with E-state index in [4.69, 9.17) is 9.47 Å². The number of aromatic hydroxyl groups is 1. The Morgan fingerprint density at radius 1 is 1.09 bits per heavy atom. The van der Waals surface area contributed by atoms with Crippen LogP contribution >= 0.6 is 0 Å². The van der Waals surface area contributed by atoms with Crippen LogP contribution in [0.5, 0.6) is 11.5 Å². The fraction of sp³-hybridized carbons (Fsp3) is 0.294.